The summed E-state index contributed by atoms with van der Waals surface area (Å²) < 4.78 is 6.02. The number of piperidine rings is 1. The number of aliphatic hydroxyl groups excluding tert-OH is 1. The van der Waals surface area contributed by atoms with Crippen molar-refractivity contribution in [2.24, 2.45) is 5.41 Å². The van der Waals surface area contributed by atoms with Crippen LogP contribution in [0.25, 0.3) is 0 Å². The number of likely N-dealkylation sites (tertiary alicyclic amines) is 1. The van der Waals surface area contributed by atoms with E-state index in [1.54, 1.807) is 19.9 Å². The highest BCUT2D eigenvalue weighted by molar-refractivity contribution is 6.32. The van der Waals surface area contributed by atoms with Crippen molar-refractivity contribution < 1.29 is 14.6 Å². The van der Waals surface area contributed by atoms with Gasteiger partial charge >= 0.3 is 0 Å². The molecule has 1 saturated heterocycles. The van der Waals surface area contributed by atoms with Crippen molar-refractivity contribution in [3.63, 3.8) is 0 Å². The highest BCUT2D eigenvalue weighted by Gasteiger charge is 2.47. The normalized spacial score (nSPS) is 26.9. The van der Waals surface area contributed by atoms with Gasteiger partial charge in [0.1, 0.15) is 5.75 Å². The maximum absolute atomic E-state index is 13.1. The van der Waals surface area contributed by atoms with Gasteiger partial charge in [-0.05, 0) is 64.2 Å². The van der Waals surface area contributed by atoms with Crippen LogP contribution in [0, 0.1) is 12.3 Å². The first-order chi connectivity index (χ1) is 11.7. The van der Waals surface area contributed by atoms with Crippen LogP contribution >= 0.6 is 11.6 Å². The molecule has 0 aromatic heterocycles. The Morgan fingerprint density at radius 1 is 1.36 bits per heavy atom. The van der Waals surface area contributed by atoms with Gasteiger partial charge in [-0.2, -0.15) is 0 Å². The third-order valence-corrected chi connectivity index (χ3v) is 6.03. The van der Waals surface area contributed by atoms with Gasteiger partial charge in [0, 0.05) is 18.5 Å². The number of carbonyl (C=O) groups excluding carboxylic acids is 1. The van der Waals surface area contributed by atoms with Gasteiger partial charge in [0.15, 0.2) is 5.60 Å². The average molecular weight is 366 g/mol. The van der Waals surface area contributed by atoms with Crippen LogP contribution in [0.3, 0.4) is 0 Å². The van der Waals surface area contributed by atoms with Crippen LogP contribution in [0.1, 0.15) is 51.5 Å². The molecule has 1 N–H and O–H groups in total. The van der Waals surface area contributed by atoms with E-state index in [9.17, 15) is 9.90 Å². The van der Waals surface area contributed by atoms with Crippen LogP contribution in [0.5, 0.6) is 5.75 Å². The molecule has 1 amide bonds. The zero-order chi connectivity index (χ0) is 18.2. The second kappa shape index (κ2) is 6.81. The number of halogens is 1. The molecular formula is C20H28ClNO3. The monoisotopic (exact) mass is 365 g/mol. The number of rotatable bonds is 3. The molecule has 2 aliphatic rings. The van der Waals surface area contributed by atoms with E-state index < -0.39 is 5.60 Å². The molecule has 0 radical (unpaired) electrons. The fraction of sp³-hybridized carbons (Fsp3) is 0.650. The van der Waals surface area contributed by atoms with E-state index in [1.165, 1.54) is 0 Å². The molecule has 2 fully saturated rings. The lowest BCUT2D eigenvalue weighted by molar-refractivity contribution is -0.150. The van der Waals surface area contributed by atoms with Crippen LogP contribution in [-0.2, 0) is 4.79 Å². The lowest BCUT2D eigenvalue weighted by Gasteiger charge is -2.44. The van der Waals surface area contributed by atoms with Crippen molar-refractivity contribution >= 4 is 17.5 Å². The summed E-state index contributed by atoms with van der Waals surface area (Å²) >= 11 is 6.23. The SMILES string of the molecule is Cc1ccc(Cl)c(OC(C)(C)C(=O)N2CCC[C@@]3(CCC[C@H]3O)C2)c1. The Kier molecular flexibility index (Phi) is 5.04. The van der Waals surface area contributed by atoms with Crippen LogP contribution in [0.4, 0.5) is 0 Å². The molecule has 0 unspecified atom stereocenters. The third-order valence-electron chi connectivity index (χ3n) is 5.72. The average Bonchev–Trinajstić information content (AvgIpc) is 2.90. The van der Waals surface area contributed by atoms with Crippen molar-refractivity contribution in [1.29, 1.82) is 0 Å². The van der Waals surface area contributed by atoms with Crippen LogP contribution in [-0.4, -0.2) is 40.7 Å². The maximum atomic E-state index is 13.1. The number of benzene rings is 1. The van der Waals surface area contributed by atoms with E-state index in [2.05, 4.69) is 0 Å². The molecular weight excluding hydrogens is 338 g/mol. The molecule has 1 aliphatic heterocycles. The summed E-state index contributed by atoms with van der Waals surface area (Å²) in [4.78, 5) is 15.0. The van der Waals surface area contributed by atoms with Crippen LogP contribution in [0.15, 0.2) is 18.2 Å². The van der Waals surface area contributed by atoms with Gasteiger partial charge in [-0.1, -0.05) is 24.1 Å². The zero-order valence-corrected chi connectivity index (χ0v) is 16.1. The molecule has 1 aromatic rings. The third kappa shape index (κ3) is 3.65. The maximum Gasteiger partial charge on any atom is 0.266 e. The molecule has 5 heteroatoms. The van der Waals surface area contributed by atoms with Gasteiger partial charge in [-0.25, -0.2) is 0 Å². The second-order valence-corrected chi connectivity index (χ2v) is 8.55. The van der Waals surface area contributed by atoms with E-state index in [4.69, 9.17) is 16.3 Å². The first kappa shape index (κ1) is 18.5. The molecule has 3 rings (SSSR count). The number of ether oxygens (including phenoxy) is 1. The Hall–Kier alpha value is -1.26. The van der Waals surface area contributed by atoms with E-state index >= 15 is 0 Å². The van der Waals surface area contributed by atoms with Crippen molar-refractivity contribution in [1.82, 2.24) is 4.90 Å². The highest BCUT2D eigenvalue weighted by atomic mass is 35.5. The molecule has 1 heterocycles. The molecule has 1 aromatic carbocycles. The molecule has 1 saturated carbocycles. The Labute approximate surface area is 155 Å². The minimum Gasteiger partial charge on any atom is -0.476 e. The quantitative estimate of drug-likeness (QED) is 0.882. The van der Waals surface area contributed by atoms with Crippen LogP contribution < -0.4 is 4.74 Å². The number of amides is 1. The van der Waals surface area contributed by atoms with Gasteiger partial charge in [-0.3, -0.25) is 4.79 Å². The first-order valence-electron chi connectivity index (χ1n) is 9.16. The fourth-order valence-corrected chi connectivity index (χ4v) is 4.47. The molecule has 1 spiro atoms. The zero-order valence-electron chi connectivity index (χ0n) is 15.3. The van der Waals surface area contributed by atoms with Crippen LogP contribution in [0.2, 0.25) is 5.02 Å². The molecule has 1 aliphatic carbocycles. The second-order valence-electron chi connectivity index (χ2n) is 8.15. The standard InChI is InChI=1S/C20H28ClNO3/c1-14-7-8-15(21)16(12-14)25-19(2,3)18(24)22-11-5-10-20(13-22)9-4-6-17(20)23/h7-8,12,17,23H,4-6,9-11,13H2,1-3H3/t17-,20+/m1/s1. The van der Waals surface area contributed by atoms with Crippen molar-refractivity contribution in [3.8, 4) is 5.75 Å². The Bertz CT molecular complexity index is 660. The fourth-order valence-electron chi connectivity index (χ4n) is 4.32. The van der Waals surface area contributed by atoms with Crippen molar-refractivity contribution in [3.05, 3.63) is 28.8 Å². The summed E-state index contributed by atoms with van der Waals surface area (Å²) in [6.07, 6.45) is 4.54. The van der Waals surface area contributed by atoms with Gasteiger partial charge < -0.3 is 14.7 Å². The number of hydrogen-bond acceptors (Lipinski definition) is 3. The molecule has 138 valence electrons. The van der Waals surface area contributed by atoms with Crippen molar-refractivity contribution in [2.75, 3.05) is 13.1 Å². The Morgan fingerprint density at radius 2 is 2.08 bits per heavy atom. The summed E-state index contributed by atoms with van der Waals surface area (Å²) in [5.74, 6) is 0.496. The topological polar surface area (TPSA) is 49.8 Å². The number of aliphatic hydroxyl groups is 1. The molecule has 0 bridgehead atoms. The summed E-state index contributed by atoms with van der Waals surface area (Å²) in [6.45, 7) is 6.90. The smallest absolute Gasteiger partial charge is 0.266 e. The van der Waals surface area contributed by atoms with E-state index in [1.807, 2.05) is 24.0 Å². The highest BCUT2D eigenvalue weighted by Crippen LogP contribution is 2.45. The molecule has 2 atom stereocenters. The summed E-state index contributed by atoms with van der Waals surface area (Å²) in [6, 6.07) is 5.56. The largest absolute Gasteiger partial charge is 0.476 e. The number of nitrogens with zero attached hydrogens (tertiary/aromatic N) is 1. The molecule has 4 nitrogen and oxygen atoms in total. The van der Waals surface area contributed by atoms with E-state index in [0.717, 1.165) is 44.2 Å². The summed E-state index contributed by atoms with van der Waals surface area (Å²) in [7, 11) is 0. The number of carbonyl (C=O) groups is 1. The minimum atomic E-state index is -1.00. The summed E-state index contributed by atoms with van der Waals surface area (Å²) in [5, 5.41) is 10.9. The lowest BCUT2D eigenvalue weighted by Crippen LogP contribution is -2.56. The first-order valence-corrected chi connectivity index (χ1v) is 9.54. The van der Waals surface area contributed by atoms with E-state index in [-0.39, 0.29) is 17.4 Å². The predicted octanol–water partition coefficient (Wildman–Crippen LogP) is 3.96. The minimum absolute atomic E-state index is 0.0387. The number of hydrogen-bond donors (Lipinski definition) is 1. The Morgan fingerprint density at radius 3 is 2.76 bits per heavy atom. The van der Waals surface area contributed by atoms with Gasteiger partial charge in [0.25, 0.3) is 5.91 Å². The van der Waals surface area contributed by atoms with Gasteiger partial charge in [-0.15, -0.1) is 0 Å². The summed E-state index contributed by atoms with van der Waals surface area (Å²) in [5.41, 5.74) is -0.0848. The van der Waals surface area contributed by atoms with Gasteiger partial charge in [0.05, 0.1) is 11.1 Å². The van der Waals surface area contributed by atoms with Gasteiger partial charge in [0.2, 0.25) is 0 Å². The van der Waals surface area contributed by atoms with Crippen molar-refractivity contribution in [2.45, 2.75) is 64.6 Å². The number of aryl methyl sites for hydroxylation is 1. The van der Waals surface area contributed by atoms with E-state index in [0.29, 0.717) is 17.3 Å². The molecule has 25 heavy (non-hydrogen) atoms. The predicted molar refractivity (Wildman–Crippen MR) is 99.0 cm³/mol. The Balaban J connectivity index is 1.75. The lowest BCUT2D eigenvalue weighted by atomic mass is 9.76.